The Morgan fingerprint density at radius 2 is 2.18 bits per heavy atom. The van der Waals surface area contributed by atoms with E-state index >= 15 is 0 Å². The Morgan fingerprint density at radius 1 is 1.47 bits per heavy atom. The summed E-state index contributed by atoms with van der Waals surface area (Å²) in [5, 5.41) is 0. The zero-order chi connectivity index (χ0) is 12.6. The van der Waals surface area contributed by atoms with Crippen LogP contribution in [0, 0.1) is 13.0 Å². The molecule has 0 aliphatic carbocycles. The van der Waals surface area contributed by atoms with E-state index in [1.54, 1.807) is 6.07 Å². The molecule has 0 atom stereocenters. The zero-order valence-corrected chi connectivity index (χ0v) is 9.27. The number of rotatable bonds is 0. The van der Waals surface area contributed by atoms with Crippen molar-refractivity contribution in [2.75, 3.05) is 6.54 Å². The standard InChI is InChI=1S/C12H11F3NO/c1-8-3-2-4-9-7-16(6-5-10(8)9)11(17)12(13,14)15/h2-3H,5-7H2,1H3. The summed E-state index contributed by atoms with van der Waals surface area (Å²) in [7, 11) is 0. The van der Waals surface area contributed by atoms with Crippen molar-refractivity contribution in [3.63, 3.8) is 0 Å². The summed E-state index contributed by atoms with van der Waals surface area (Å²) in [6, 6.07) is 6.46. The molecule has 0 unspecified atom stereocenters. The molecule has 1 aromatic carbocycles. The second-order valence-electron chi connectivity index (χ2n) is 4.09. The summed E-state index contributed by atoms with van der Waals surface area (Å²) < 4.78 is 36.9. The largest absolute Gasteiger partial charge is 0.471 e. The zero-order valence-electron chi connectivity index (χ0n) is 9.27. The maximum absolute atomic E-state index is 12.3. The first-order valence-electron chi connectivity index (χ1n) is 5.24. The first-order chi connectivity index (χ1) is 7.89. The van der Waals surface area contributed by atoms with Gasteiger partial charge in [0.25, 0.3) is 0 Å². The first-order valence-corrected chi connectivity index (χ1v) is 5.24. The monoisotopic (exact) mass is 242 g/mol. The number of amides is 1. The second kappa shape index (κ2) is 4.05. The second-order valence-corrected chi connectivity index (χ2v) is 4.09. The van der Waals surface area contributed by atoms with Gasteiger partial charge in [0.15, 0.2) is 0 Å². The number of hydrogen-bond acceptors (Lipinski definition) is 1. The van der Waals surface area contributed by atoms with Crippen molar-refractivity contribution in [1.82, 2.24) is 4.90 Å². The molecule has 0 spiro atoms. The lowest BCUT2D eigenvalue weighted by Gasteiger charge is -2.30. The van der Waals surface area contributed by atoms with Crippen molar-refractivity contribution in [3.05, 3.63) is 34.9 Å². The summed E-state index contributed by atoms with van der Waals surface area (Å²) in [4.78, 5) is 11.9. The highest BCUT2D eigenvalue weighted by Gasteiger charge is 2.43. The quantitative estimate of drug-likeness (QED) is 0.683. The van der Waals surface area contributed by atoms with Crippen LogP contribution in [0.25, 0.3) is 0 Å². The lowest BCUT2D eigenvalue weighted by molar-refractivity contribution is -0.186. The molecule has 1 aromatic rings. The molecule has 91 valence electrons. The van der Waals surface area contributed by atoms with Crippen molar-refractivity contribution < 1.29 is 18.0 Å². The molecule has 0 aromatic heterocycles. The fourth-order valence-corrected chi connectivity index (χ4v) is 2.05. The number of nitrogens with zero attached hydrogens (tertiary/aromatic N) is 1. The lowest BCUT2D eigenvalue weighted by Crippen LogP contribution is -2.43. The van der Waals surface area contributed by atoms with Crippen LogP contribution in [-0.4, -0.2) is 23.5 Å². The molecule has 2 nitrogen and oxygen atoms in total. The van der Waals surface area contributed by atoms with E-state index in [-0.39, 0.29) is 13.1 Å². The van der Waals surface area contributed by atoms with Gasteiger partial charge in [0.1, 0.15) is 0 Å². The minimum atomic E-state index is -4.79. The van der Waals surface area contributed by atoms with Gasteiger partial charge in [-0.2, -0.15) is 13.2 Å². The molecule has 1 aliphatic heterocycles. The summed E-state index contributed by atoms with van der Waals surface area (Å²) in [5.74, 6) is -1.77. The molecule has 0 N–H and O–H groups in total. The molecule has 1 heterocycles. The van der Waals surface area contributed by atoms with Crippen LogP contribution in [0.5, 0.6) is 0 Å². The fraction of sp³-hybridized carbons (Fsp3) is 0.417. The van der Waals surface area contributed by atoms with E-state index in [1.165, 1.54) is 0 Å². The molecule has 0 saturated heterocycles. The van der Waals surface area contributed by atoms with Crippen molar-refractivity contribution in [1.29, 1.82) is 0 Å². The molecule has 0 bridgehead atoms. The Balaban J connectivity index is 2.23. The maximum Gasteiger partial charge on any atom is 0.471 e. The lowest BCUT2D eigenvalue weighted by atomic mass is 9.95. The molecule has 17 heavy (non-hydrogen) atoms. The molecule has 0 saturated carbocycles. The van der Waals surface area contributed by atoms with E-state index in [1.807, 2.05) is 13.0 Å². The van der Waals surface area contributed by atoms with Crippen molar-refractivity contribution >= 4 is 5.91 Å². The van der Waals surface area contributed by atoms with Crippen molar-refractivity contribution in [3.8, 4) is 0 Å². The van der Waals surface area contributed by atoms with Crippen LogP contribution in [0.15, 0.2) is 12.1 Å². The van der Waals surface area contributed by atoms with Crippen molar-refractivity contribution in [2.24, 2.45) is 0 Å². The normalized spacial score (nSPS) is 15.6. The third-order valence-corrected chi connectivity index (χ3v) is 2.94. The van der Waals surface area contributed by atoms with Gasteiger partial charge in [0, 0.05) is 13.1 Å². The van der Waals surface area contributed by atoms with E-state index in [9.17, 15) is 18.0 Å². The summed E-state index contributed by atoms with van der Waals surface area (Å²) in [5.41, 5.74) is 2.74. The van der Waals surface area contributed by atoms with Gasteiger partial charge in [-0.05, 0) is 36.1 Å². The fourth-order valence-electron chi connectivity index (χ4n) is 2.05. The van der Waals surface area contributed by atoms with E-state index in [4.69, 9.17) is 0 Å². The van der Waals surface area contributed by atoms with E-state index in [0.717, 1.165) is 16.0 Å². The molecular formula is C12H11F3NO. The third kappa shape index (κ3) is 2.28. The van der Waals surface area contributed by atoms with Gasteiger partial charge < -0.3 is 4.90 Å². The number of carbonyl (C=O) groups excluding carboxylic acids is 1. The van der Waals surface area contributed by atoms with Gasteiger partial charge in [0.2, 0.25) is 0 Å². The van der Waals surface area contributed by atoms with Crippen LogP contribution >= 0.6 is 0 Å². The molecule has 1 aliphatic rings. The van der Waals surface area contributed by atoms with Crippen LogP contribution < -0.4 is 0 Å². The highest BCUT2D eigenvalue weighted by molar-refractivity contribution is 5.82. The Hall–Kier alpha value is -1.52. The van der Waals surface area contributed by atoms with Crippen LogP contribution in [0.4, 0.5) is 13.2 Å². The van der Waals surface area contributed by atoms with E-state index in [2.05, 4.69) is 6.07 Å². The predicted octanol–water partition coefficient (Wildman–Crippen LogP) is 2.24. The predicted molar refractivity (Wildman–Crippen MR) is 55.2 cm³/mol. The third-order valence-electron chi connectivity index (χ3n) is 2.94. The van der Waals surface area contributed by atoms with Gasteiger partial charge in [-0.25, -0.2) is 0 Å². The first kappa shape index (κ1) is 12.0. The average molecular weight is 242 g/mol. The number of hydrogen-bond donors (Lipinski definition) is 0. The molecule has 5 heteroatoms. The summed E-state index contributed by atoms with van der Waals surface area (Å²) in [6.45, 7) is 2.02. The number of benzene rings is 1. The topological polar surface area (TPSA) is 20.3 Å². The average Bonchev–Trinajstić information content (AvgIpc) is 2.26. The molecular weight excluding hydrogens is 231 g/mol. The Morgan fingerprint density at radius 3 is 2.82 bits per heavy atom. The number of fused-ring (bicyclic) bond motifs is 1. The van der Waals surface area contributed by atoms with Gasteiger partial charge >= 0.3 is 12.1 Å². The van der Waals surface area contributed by atoms with E-state index in [0.29, 0.717) is 12.0 Å². The highest BCUT2D eigenvalue weighted by atomic mass is 19.4. The number of carbonyl (C=O) groups is 1. The number of alkyl halides is 3. The van der Waals surface area contributed by atoms with Crippen LogP contribution in [0.3, 0.4) is 0 Å². The number of aryl methyl sites for hydroxylation is 1. The minimum absolute atomic E-state index is 0.00461. The molecule has 1 radical (unpaired) electrons. The minimum Gasteiger partial charge on any atom is -0.330 e. The van der Waals surface area contributed by atoms with Crippen molar-refractivity contribution in [2.45, 2.75) is 26.1 Å². The van der Waals surface area contributed by atoms with Crippen LogP contribution in [-0.2, 0) is 17.8 Å². The SMILES string of the molecule is Cc1cc[c]c2c1CCN(C(=O)C(F)(F)F)C2. The van der Waals surface area contributed by atoms with Crippen LogP contribution in [0.1, 0.15) is 16.7 Å². The van der Waals surface area contributed by atoms with E-state index < -0.39 is 12.1 Å². The highest BCUT2D eigenvalue weighted by Crippen LogP contribution is 2.25. The number of halogens is 3. The molecule has 1 amide bonds. The van der Waals surface area contributed by atoms with Crippen LogP contribution in [0.2, 0.25) is 0 Å². The Kier molecular flexibility index (Phi) is 2.85. The van der Waals surface area contributed by atoms with Gasteiger partial charge in [-0.15, -0.1) is 0 Å². The maximum atomic E-state index is 12.3. The Bertz CT molecular complexity index is 454. The molecule has 0 fully saturated rings. The molecule has 2 rings (SSSR count). The summed E-state index contributed by atoms with van der Waals surface area (Å²) >= 11 is 0. The van der Waals surface area contributed by atoms with Gasteiger partial charge in [-0.1, -0.05) is 12.1 Å². The van der Waals surface area contributed by atoms with Gasteiger partial charge in [0.05, 0.1) is 0 Å². The Labute approximate surface area is 97.0 Å². The summed E-state index contributed by atoms with van der Waals surface area (Å²) in [6.07, 6.45) is -4.33. The smallest absolute Gasteiger partial charge is 0.330 e. The van der Waals surface area contributed by atoms with Gasteiger partial charge in [-0.3, -0.25) is 4.79 Å².